The first kappa shape index (κ1) is 14.4. The Labute approximate surface area is 119 Å². The Kier molecular flexibility index (Phi) is 4.80. The smallest absolute Gasteiger partial charge is 0.319 e. The summed E-state index contributed by atoms with van der Waals surface area (Å²) in [5, 5.41) is 20.3. The number of anilines is 1. The number of hydrogen-bond donors (Lipinski definition) is 4. The second kappa shape index (κ2) is 6.98. The fraction of sp³-hybridized carbons (Fsp3) is 0.250. The number of amides is 2. The minimum absolute atomic E-state index is 0.149. The number of carboxylic acids is 1. The van der Waals surface area contributed by atoms with E-state index in [0.29, 0.717) is 30.2 Å². The second-order valence-electron chi connectivity index (χ2n) is 4.17. The molecule has 0 saturated carbocycles. The minimum Gasteiger partial charge on any atom is -0.481 e. The first-order valence-electron chi connectivity index (χ1n) is 6.19. The highest BCUT2D eigenvalue weighted by atomic mass is 16.4. The fourth-order valence-electron chi connectivity index (χ4n) is 1.58. The predicted molar refractivity (Wildman–Crippen MR) is 72.7 cm³/mol. The van der Waals surface area contributed by atoms with E-state index in [1.165, 1.54) is 12.5 Å². The highest BCUT2D eigenvalue weighted by Gasteiger charge is 2.05. The standard InChI is InChI=1S/C12H14N6O3/c19-11(20)5-8-1-2-9(6-14-8)17-12(21)13-4-3-10-15-7-16-18-10/h1-2,6-7H,3-5H2,(H,19,20)(H2,13,17,21)(H,15,16,18). The number of carbonyl (C=O) groups excluding carboxylic acids is 1. The van der Waals surface area contributed by atoms with E-state index in [1.807, 2.05) is 0 Å². The molecule has 2 heterocycles. The van der Waals surface area contributed by atoms with Gasteiger partial charge in [0.25, 0.3) is 0 Å². The number of nitrogens with one attached hydrogen (secondary N) is 3. The molecular formula is C12H14N6O3. The van der Waals surface area contributed by atoms with Gasteiger partial charge >= 0.3 is 12.0 Å². The summed E-state index contributed by atoms with van der Waals surface area (Å²) >= 11 is 0. The summed E-state index contributed by atoms with van der Waals surface area (Å²) in [6.45, 7) is 0.408. The summed E-state index contributed by atoms with van der Waals surface area (Å²) in [5.41, 5.74) is 0.917. The van der Waals surface area contributed by atoms with Crippen LogP contribution in [0.4, 0.5) is 10.5 Å². The summed E-state index contributed by atoms with van der Waals surface area (Å²) < 4.78 is 0. The number of aromatic nitrogens is 4. The maximum atomic E-state index is 11.6. The molecule has 9 nitrogen and oxygen atoms in total. The Balaban J connectivity index is 1.75. The quantitative estimate of drug-likeness (QED) is 0.600. The monoisotopic (exact) mass is 290 g/mol. The number of pyridine rings is 1. The maximum absolute atomic E-state index is 11.6. The first-order valence-corrected chi connectivity index (χ1v) is 6.19. The van der Waals surface area contributed by atoms with Crippen LogP contribution in [0.1, 0.15) is 11.5 Å². The van der Waals surface area contributed by atoms with Crippen LogP contribution in [0.5, 0.6) is 0 Å². The number of aromatic amines is 1. The molecule has 0 unspecified atom stereocenters. The first-order chi connectivity index (χ1) is 10.1. The van der Waals surface area contributed by atoms with E-state index in [4.69, 9.17) is 5.11 Å². The van der Waals surface area contributed by atoms with Crippen molar-refractivity contribution < 1.29 is 14.7 Å². The van der Waals surface area contributed by atoms with E-state index in [0.717, 1.165) is 0 Å². The highest BCUT2D eigenvalue weighted by molar-refractivity contribution is 5.89. The Morgan fingerprint density at radius 1 is 1.29 bits per heavy atom. The molecule has 110 valence electrons. The number of rotatable bonds is 6. The lowest BCUT2D eigenvalue weighted by Gasteiger charge is -2.07. The van der Waals surface area contributed by atoms with Gasteiger partial charge in [-0.25, -0.2) is 9.78 Å². The SMILES string of the molecule is O=C(O)Cc1ccc(NC(=O)NCCc2ncn[nH]2)cn1. The Bertz CT molecular complexity index is 596. The van der Waals surface area contributed by atoms with Crippen molar-refractivity contribution in [1.29, 1.82) is 0 Å². The molecule has 2 amide bonds. The maximum Gasteiger partial charge on any atom is 0.319 e. The predicted octanol–water partition coefficient (Wildman–Crippen LogP) is 0.191. The third kappa shape index (κ3) is 4.90. The third-order valence-corrected chi connectivity index (χ3v) is 2.53. The topological polar surface area (TPSA) is 133 Å². The van der Waals surface area contributed by atoms with Gasteiger partial charge < -0.3 is 15.7 Å². The van der Waals surface area contributed by atoms with Gasteiger partial charge in [-0.2, -0.15) is 5.10 Å². The van der Waals surface area contributed by atoms with Crippen LogP contribution in [0, 0.1) is 0 Å². The molecule has 0 aliphatic heterocycles. The zero-order valence-electron chi connectivity index (χ0n) is 11.0. The van der Waals surface area contributed by atoms with Crippen LogP contribution in [-0.4, -0.2) is 43.8 Å². The molecule has 0 aliphatic rings. The van der Waals surface area contributed by atoms with Gasteiger partial charge in [0.15, 0.2) is 0 Å². The van der Waals surface area contributed by atoms with E-state index in [-0.39, 0.29) is 12.5 Å². The largest absolute Gasteiger partial charge is 0.481 e. The van der Waals surface area contributed by atoms with Crippen molar-refractivity contribution in [2.45, 2.75) is 12.8 Å². The normalized spacial score (nSPS) is 10.1. The van der Waals surface area contributed by atoms with E-state index < -0.39 is 5.97 Å². The second-order valence-corrected chi connectivity index (χ2v) is 4.17. The molecule has 21 heavy (non-hydrogen) atoms. The zero-order valence-corrected chi connectivity index (χ0v) is 11.0. The molecule has 0 atom stereocenters. The number of carboxylic acid groups (broad SMARTS) is 1. The molecule has 4 N–H and O–H groups in total. The van der Waals surface area contributed by atoms with E-state index in [9.17, 15) is 9.59 Å². The molecule has 2 rings (SSSR count). The molecule has 0 aromatic carbocycles. The van der Waals surface area contributed by atoms with Crippen LogP contribution >= 0.6 is 0 Å². The molecule has 9 heteroatoms. The van der Waals surface area contributed by atoms with E-state index >= 15 is 0 Å². The van der Waals surface area contributed by atoms with Crippen molar-refractivity contribution in [1.82, 2.24) is 25.5 Å². The number of hydrogen-bond acceptors (Lipinski definition) is 5. The van der Waals surface area contributed by atoms with Crippen LogP contribution in [0.15, 0.2) is 24.7 Å². The minimum atomic E-state index is -0.951. The van der Waals surface area contributed by atoms with E-state index in [1.54, 1.807) is 12.1 Å². The summed E-state index contributed by atoms with van der Waals surface area (Å²) in [7, 11) is 0. The number of carbonyl (C=O) groups is 2. The lowest BCUT2D eigenvalue weighted by molar-refractivity contribution is -0.136. The van der Waals surface area contributed by atoms with Crippen LogP contribution < -0.4 is 10.6 Å². The summed E-state index contributed by atoms with van der Waals surface area (Å²) in [4.78, 5) is 30.0. The molecule has 0 spiro atoms. The summed E-state index contributed by atoms with van der Waals surface area (Å²) in [5.74, 6) is -0.261. The highest BCUT2D eigenvalue weighted by Crippen LogP contribution is 2.06. The number of urea groups is 1. The zero-order chi connectivity index (χ0) is 15.1. The van der Waals surface area contributed by atoms with Gasteiger partial charge in [-0.3, -0.25) is 14.9 Å². The fourth-order valence-corrected chi connectivity index (χ4v) is 1.58. The summed E-state index contributed by atoms with van der Waals surface area (Å²) in [6.07, 6.45) is 3.21. The summed E-state index contributed by atoms with van der Waals surface area (Å²) in [6, 6.07) is 2.78. The van der Waals surface area contributed by atoms with Crippen molar-refractivity contribution in [2.24, 2.45) is 0 Å². The van der Waals surface area contributed by atoms with Crippen LogP contribution in [0.2, 0.25) is 0 Å². The molecule has 0 aliphatic carbocycles. The molecule has 0 bridgehead atoms. The lowest BCUT2D eigenvalue weighted by atomic mass is 10.2. The van der Waals surface area contributed by atoms with Gasteiger partial charge in [0.1, 0.15) is 12.2 Å². The third-order valence-electron chi connectivity index (χ3n) is 2.53. The van der Waals surface area contributed by atoms with Gasteiger partial charge in [0, 0.05) is 13.0 Å². The molecule has 0 saturated heterocycles. The van der Waals surface area contributed by atoms with Gasteiger partial charge in [-0.05, 0) is 12.1 Å². The Hall–Kier alpha value is -2.97. The van der Waals surface area contributed by atoms with Crippen molar-refractivity contribution in [3.8, 4) is 0 Å². The van der Waals surface area contributed by atoms with Crippen LogP contribution in [0.3, 0.4) is 0 Å². The van der Waals surface area contributed by atoms with Gasteiger partial charge in [-0.1, -0.05) is 0 Å². The molecule has 2 aromatic heterocycles. The lowest BCUT2D eigenvalue weighted by Crippen LogP contribution is -2.30. The number of H-pyrrole nitrogens is 1. The van der Waals surface area contributed by atoms with Crippen molar-refractivity contribution in [3.05, 3.63) is 36.2 Å². The van der Waals surface area contributed by atoms with Crippen molar-refractivity contribution in [3.63, 3.8) is 0 Å². The molecule has 0 radical (unpaired) electrons. The average molecular weight is 290 g/mol. The van der Waals surface area contributed by atoms with Crippen molar-refractivity contribution in [2.75, 3.05) is 11.9 Å². The van der Waals surface area contributed by atoms with Crippen LogP contribution in [0.25, 0.3) is 0 Å². The van der Waals surface area contributed by atoms with Crippen molar-refractivity contribution >= 4 is 17.7 Å². The molecule has 0 fully saturated rings. The van der Waals surface area contributed by atoms with E-state index in [2.05, 4.69) is 30.8 Å². The molecule has 2 aromatic rings. The van der Waals surface area contributed by atoms with Gasteiger partial charge in [-0.15, -0.1) is 0 Å². The van der Waals surface area contributed by atoms with Crippen LogP contribution in [-0.2, 0) is 17.6 Å². The Morgan fingerprint density at radius 2 is 2.14 bits per heavy atom. The number of aliphatic carboxylic acids is 1. The van der Waals surface area contributed by atoms with Gasteiger partial charge in [0.2, 0.25) is 0 Å². The Morgan fingerprint density at radius 3 is 2.76 bits per heavy atom. The average Bonchev–Trinajstić information content (AvgIpc) is 2.93. The van der Waals surface area contributed by atoms with Gasteiger partial charge in [0.05, 0.1) is 24.0 Å². The molecular weight excluding hydrogens is 276 g/mol. The number of nitrogens with zero attached hydrogens (tertiary/aromatic N) is 3.